The minimum atomic E-state index is -0.330. The van der Waals surface area contributed by atoms with E-state index in [4.69, 9.17) is 16.3 Å². The predicted octanol–water partition coefficient (Wildman–Crippen LogP) is 2.45. The Hall–Kier alpha value is -0.240. The lowest BCUT2D eigenvalue weighted by Gasteiger charge is -2.24. The van der Waals surface area contributed by atoms with Gasteiger partial charge in [0, 0.05) is 0 Å². The zero-order valence-corrected chi connectivity index (χ0v) is 8.89. The zero-order chi connectivity index (χ0) is 9.72. The second-order valence-corrected chi connectivity index (χ2v) is 3.84. The number of ether oxygens (including phenoxy) is 1. The standard InChI is InChI=1S/C9H17ClO2/c1-6(2)9(7(3)4)12-8(11)5-10/h6-7,9H,5H2,1-4H3. The van der Waals surface area contributed by atoms with Crippen molar-refractivity contribution in [3.05, 3.63) is 0 Å². The smallest absolute Gasteiger partial charge is 0.321 e. The van der Waals surface area contributed by atoms with Gasteiger partial charge in [-0.2, -0.15) is 0 Å². The molecule has 0 rings (SSSR count). The van der Waals surface area contributed by atoms with Crippen LogP contribution in [0.1, 0.15) is 27.7 Å². The van der Waals surface area contributed by atoms with Crippen molar-refractivity contribution >= 4 is 17.6 Å². The monoisotopic (exact) mass is 192 g/mol. The molecule has 3 heteroatoms. The fraction of sp³-hybridized carbons (Fsp3) is 0.889. The fourth-order valence-electron chi connectivity index (χ4n) is 1.23. The summed E-state index contributed by atoms with van der Waals surface area (Å²) < 4.78 is 5.15. The predicted molar refractivity (Wildman–Crippen MR) is 50.3 cm³/mol. The normalized spacial score (nSPS) is 11.3. The average molecular weight is 193 g/mol. The molecule has 0 fully saturated rings. The lowest BCUT2D eigenvalue weighted by Crippen LogP contribution is -2.29. The van der Waals surface area contributed by atoms with Crippen LogP contribution in [0, 0.1) is 11.8 Å². The van der Waals surface area contributed by atoms with Crippen LogP contribution in [-0.2, 0) is 9.53 Å². The maximum atomic E-state index is 10.9. The molecule has 0 saturated heterocycles. The molecule has 0 aromatic carbocycles. The average Bonchev–Trinajstić information content (AvgIpc) is 1.98. The van der Waals surface area contributed by atoms with E-state index in [2.05, 4.69) is 0 Å². The molecule has 0 N–H and O–H groups in total. The number of rotatable bonds is 4. The molecule has 0 saturated carbocycles. The maximum Gasteiger partial charge on any atom is 0.321 e. The molecule has 0 aromatic rings. The summed E-state index contributed by atoms with van der Waals surface area (Å²) in [5, 5.41) is 0. The Morgan fingerprint density at radius 3 is 1.92 bits per heavy atom. The molecule has 72 valence electrons. The third-order valence-corrected chi connectivity index (χ3v) is 1.91. The van der Waals surface area contributed by atoms with E-state index >= 15 is 0 Å². The third-order valence-electron chi connectivity index (χ3n) is 1.69. The Kier molecular flexibility index (Phi) is 5.31. The Morgan fingerprint density at radius 1 is 1.25 bits per heavy atom. The summed E-state index contributed by atoms with van der Waals surface area (Å²) in [6.07, 6.45) is -0.0174. The van der Waals surface area contributed by atoms with Crippen molar-refractivity contribution in [3.63, 3.8) is 0 Å². The summed E-state index contributed by atoms with van der Waals surface area (Å²) in [6, 6.07) is 0. The van der Waals surface area contributed by atoms with Crippen LogP contribution in [-0.4, -0.2) is 18.0 Å². The molecule has 0 bridgehead atoms. The number of hydrogen-bond donors (Lipinski definition) is 0. The molecule has 0 aliphatic carbocycles. The van der Waals surface area contributed by atoms with Crippen molar-refractivity contribution in [2.75, 3.05) is 5.88 Å². The molecular formula is C9H17ClO2. The molecule has 0 spiro atoms. The molecule has 0 radical (unpaired) electrons. The highest BCUT2D eigenvalue weighted by atomic mass is 35.5. The van der Waals surface area contributed by atoms with E-state index in [1.54, 1.807) is 0 Å². The van der Waals surface area contributed by atoms with Gasteiger partial charge in [0.25, 0.3) is 0 Å². The van der Waals surface area contributed by atoms with Crippen molar-refractivity contribution in [3.8, 4) is 0 Å². The third kappa shape index (κ3) is 3.96. The van der Waals surface area contributed by atoms with Crippen LogP contribution >= 0.6 is 11.6 Å². The second-order valence-electron chi connectivity index (χ2n) is 3.58. The van der Waals surface area contributed by atoms with Crippen LogP contribution in [0.4, 0.5) is 0 Å². The Balaban J connectivity index is 4.05. The highest BCUT2D eigenvalue weighted by Gasteiger charge is 2.21. The van der Waals surface area contributed by atoms with Crippen molar-refractivity contribution in [1.29, 1.82) is 0 Å². The van der Waals surface area contributed by atoms with Gasteiger partial charge in [0.15, 0.2) is 0 Å². The van der Waals surface area contributed by atoms with Gasteiger partial charge in [-0.15, -0.1) is 11.6 Å². The minimum absolute atomic E-state index is 0.0174. The minimum Gasteiger partial charge on any atom is -0.461 e. The van der Waals surface area contributed by atoms with E-state index in [1.807, 2.05) is 27.7 Å². The van der Waals surface area contributed by atoms with E-state index in [0.29, 0.717) is 11.8 Å². The molecule has 0 aliphatic heterocycles. The van der Waals surface area contributed by atoms with Crippen molar-refractivity contribution in [1.82, 2.24) is 0 Å². The van der Waals surface area contributed by atoms with Crippen LogP contribution in [0.15, 0.2) is 0 Å². The SMILES string of the molecule is CC(C)C(OC(=O)CCl)C(C)C. The lowest BCUT2D eigenvalue weighted by molar-refractivity contribution is -0.150. The Labute approximate surface area is 79.2 Å². The fourth-order valence-corrected chi connectivity index (χ4v) is 1.29. The van der Waals surface area contributed by atoms with Crippen molar-refractivity contribution in [2.45, 2.75) is 33.8 Å². The van der Waals surface area contributed by atoms with Gasteiger partial charge in [-0.1, -0.05) is 27.7 Å². The first-order valence-corrected chi connectivity index (χ1v) is 4.78. The van der Waals surface area contributed by atoms with Gasteiger partial charge in [0.1, 0.15) is 12.0 Å². The van der Waals surface area contributed by atoms with Crippen molar-refractivity contribution in [2.24, 2.45) is 11.8 Å². The van der Waals surface area contributed by atoms with Gasteiger partial charge in [0.2, 0.25) is 0 Å². The first-order chi connectivity index (χ1) is 5.49. The quantitative estimate of drug-likeness (QED) is 0.505. The summed E-state index contributed by atoms with van der Waals surface area (Å²) in [6.45, 7) is 8.14. The largest absolute Gasteiger partial charge is 0.461 e. The van der Waals surface area contributed by atoms with Gasteiger partial charge in [0.05, 0.1) is 0 Å². The molecule has 2 nitrogen and oxygen atoms in total. The number of carbonyl (C=O) groups is 1. The van der Waals surface area contributed by atoms with Gasteiger partial charge in [-0.25, -0.2) is 0 Å². The topological polar surface area (TPSA) is 26.3 Å². The summed E-state index contributed by atoms with van der Waals surface area (Å²) >= 11 is 5.33. The summed E-state index contributed by atoms with van der Waals surface area (Å²) in [5.41, 5.74) is 0. The van der Waals surface area contributed by atoms with E-state index in [-0.39, 0.29) is 18.0 Å². The number of esters is 1. The van der Waals surface area contributed by atoms with Gasteiger partial charge < -0.3 is 4.74 Å². The van der Waals surface area contributed by atoms with Crippen LogP contribution < -0.4 is 0 Å². The highest BCUT2D eigenvalue weighted by Crippen LogP contribution is 2.16. The van der Waals surface area contributed by atoms with Gasteiger partial charge >= 0.3 is 5.97 Å². The summed E-state index contributed by atoms with van der Waals surface area (Å²) in [7, 11) is 0. The van der Waals surface area contributed by atoms with Gasteiger partial charge in [-0.3, -0.25) is 4.79 Å². The Morgan fingerprint density at radius 2 is 1.67 bits per heavy atom. The first-order valence-electron chi connectivity index (χ1n) is 4.24. The lowest BCUT2D eigenvalue weighted by atomic mass is 9.96. The second kappa shape index (κ2) is 5.41. The molecule has 0 heterocycles. The van der Waals surface area contributed by atoms with E-state index < -0.39 is 0 Å². The molecule has 12 heavy (non-hydrogen) atoms. The first kappa shape index (κ1) is 11.8. The number of alkyl halides is 1. The van der Waals surface area contributed by atoms with Crippen LogP contribution in [0.25, 0.3) is 0 Å². The van der Waals surface area contributed by atoms with Crippen LogP contribution in [0.5, 0.6) is 0 Å². The molecular weight excluding hydrogens is 176 g/mol. The van der Waals surface area contributed by atoms with E-state index in [1.165, 1.54) is 0 Å². The summed E-state index contributed by atoms with van der Waals surface area (Å²) in [5.74, 6) is 0.300. The van der Waals surface area contributed by atoms with Crippen LogP contribution in [0.2, 0.25) is 0 Å². The summed E-state index contributed by atoms with van der Waals surface area (Å²) in [4.78, 5) is 10.9. The number of halogens is 1. The molecule has 0 amide bonds. The molecule has 0 atom stereocenters. The molecule has 0 aliphatic rings. The molecule has 0 unspecified atom stereocenters. The number of carbonyl (C=O) groups excluding carboxylic acids is 1. The molecule has 0 aromatic heterocycles. The Bertz CT molecular complexity index is 135. The van der Waals surface area contributed by atoms with E-state index in [0.717, 1.165) is 0 Å². The maximum absolute atomic E-state index is 10.9. The van der Waals surface area contributed by atoms with E-state index in [9.17, 15) is 4.79 Å². The zero-order valence-electron chi connectivity index (χ0n) is 8.13. The van der Waals surface area contributed by atoms with Crippen LogP contribution in [0.3, 0.4) is 0 Å². The van der Waals surface area contributed by atoms with Crippen molar-refractivity contribution < 1.29 is 9.53 Å². The highest BCUT2D eigenvalue weighted by molar-refractivity contribution is 6.26. The number of hydrogen-bond acceptors (Lipinski definition) is 2. The van der Waals surface area contributed by atoms with Gasteiger partial charge in [-0.05, 0) is 11.8 Å².